The van der Waals surface area contributed by atoms with E-state index in [-0.39, 0.29) is 36.8 Å². The first-order chi connectivity index (χ1) is 15.8. The summed E-state index contributed by atoms with van der Waals surface area (Å²) in [5, 5.41) is 10.8. The van der Waals surface area contributed by atoms with Gasteiger partial charge in [0.25, 0.3) is 0 Å². The zero-order chi connectivity index (χ0) is 24.4. The molecule has 0 spiro atoms. The van der Waals surface area contributed by atoms with Crippen molar-refractivity contribution in [3.63, 3.8) is 0 Å². The van der Waals surface area contributed by atoms with Gasteiger partial charge in [-0.15, -0.1) is 23.4 Å². The Hall–Kier alpha value is -2.74. The highest BCUT2D eigenvalue weighted by Crippen LogP contribution is 2.67. The Labute approximate surface area is 188 Å². The highest BCUT2D eigenvalue weighted by Gasteiger charge is 2.71. The SMILES string of the molecule is O=C(CO[C@H]1C[C@@H](OC(F)(F)F)C1)NC12CC(c3nnc(-c4ccc(C(F)(F)F)nc4)o3)(C1)C2. The average molecular weight is 492 g/mol. The zero-order valence-electron chi connectivity index (χ0n) is 17.4. The molecule has 1 amide bonds. The Morgan fingerprint density at radius 3 is 2.38 bits per heavy atom. The van der Waals surface area contributed by atoms with Crippen LogP contribution in [0.4, 0.5) is 26.3 Å². The molecule has 0 unspecified atom stereocenters. The largest absolute Gasteiger partial charge is 0.522 e. The number of pyridine rings is 1. The Bertz CT molecular complexity index is 1060. The van der Waals surface area contributed by atoms with E-state index in [1.54, 1.807) is 0 Å². The van der Waals surface area contributed by atoms with Crippen molar-refractivity contribution >= 4 is 5.91 Å². The lowest BCUT2D eigenvalue weighted by molar-refractivity contribution is -0.357. The molecule has 6 rings (SSSR count). The summed E-state index contributed by atoms with van der Waals surface area (Å²) in [6.45, 7) is -0.260. The van der Waals surface area contributed by atoms with Crippen molar-refractivity contribution in [1.82, 2.24) is 20.5 Å². The standard InChI is InChI=1S/C20H18F6N4O4/c21-19(22,23)13-2-1-10(5-27-13)15-29-30-16(33-15)17-7-18(8-17,9-17)28-14(31)6-32-11-3-12(4-11)34-20(24,25)26/h1-2,5,11-12H,3-4,6-9H2,(H,28,31)/t11-,12+,17?,18?. The van der Waals surface area contributed by atoms with E-state index >= 15 is 0 Å². The molecule has 4 aliphatic carbocycles. The second kappa shape index (κ2) is 7.63. The molecule has 2 bridgehead atoms. The molecule has 2 aromatic rings. The predicted molar refractivity (Wildman–Crippen MR) is 98.8 cm³/mol. The minimum atomic E-state index is -4.68. The number of ether oxygens (including phenoxy) is 2. The molecular weight excluding hydrogens is 474 g/mol. The van der Waals surface area contributed by atoms with Gasteiger partial charge in [0, 0.05) is 24.6 Å². The maximum absolute atomic E-state index is 12.7. The summed E-state index contributed by atoms with van der Waals surface area (Å²) >= 11 is 0. The summed E-state index contributed by atoms with van der Waals surface area (Å²) < 4.78 is 89.2. The van der Waals surface area contributed by atoms with E-state index in [1.165, 1.54) is 6.07 Å². The van der Waals surface area contributed by atoms with Gasteiger partial charge in [-0.2, -0.15) is 13.2 Å². The van der Waals surface area contributed by atoms with Gasteiger partial charge >= 0.3 is 12.5 Å². The molecule has 184 valence electrons. The van der Waals surface area contributed by atoms with Crippen LogP contribution in [0.1, 0.15) is 43.7 Å². The van der Waals surface area contributed by atoms with Crippen LogP contribution in [0.2, 0.25) is 0 Å². The van der Waals surface area contributed by atoms with E-state index in [4.69, 9.17) is 9.15 Å². The van der Waals surface area contributed by atoms with Gasteiger partial charge in [-0.05, 0) is 31.4 Å². The maximum atomic E-state index is 12.7. The lowest BCUT2D eigenvalue weighted by atomic mass is 9.39. The molecule has 1 N–H and O–H groups in total. The van der Waals surface area contributed by atoms with Crippen LogP contribution in [0.25, 0.3) is 11.5 Å². The van der Waals surface area contributed by atoms with E-state index in [9.17, 15) is 31.1 Å². The lowest BCUT2D eigenvalue weighted by Gasteiger charge is -2.68. The zero-order valence-corrected chi connectivity index (χ0v) is 17.4. The average Bonchev–Trinajstić information content (AvgIpc) is 3.13. The van der Waals surface area contributed by atoms with Crippen molar-refractivity contribution in [2.45, 2.75) is 67.8 Å². The Morgan fingerprint density at radius 2 is 1.79 bits per heavy atom. The summed E-state index contributed by atoms with van der Waals surface area (Å²) in [7, 11) is 0. The highest BCUT2D eigenvalue weighted by molar-refractivity contribution is 5.79. The number of alkyl halides is 6. The Balaban J connectivity index is 1.08. The molecular formula is C20H18F6N4O4. The first kappa shape index (κ1) is 23.0. The van der Waals surface area contributed by atoms with Gasteiger partial charge in [0.15, 0.2) is 0 Å². The summed E-state index contributed by atoms with van der Waals surface area (Å²) in [4.78, 5) is 15.5. The second-order valence-electron chi connectivity index (χ2n) is 9.07. The van der Waals surface area contributed by atoms with E-state index in [0.717, 1.165) is 12.3 Å². The number of carbonyl (C=O) groups excluding carboxylic acids is 1. The molecule has 0 radical (unpaired) electrons. The summed E-state index contributed by atoms with van der Waals surface area (Å²) in [5.74, 6) is 0.0382. The van der Waals surface area contributed by atoms with Gasteiger partial charge in [-0.25, -0.2) is 0 Å². The fourth-order valence-corrected chi connectivity index (χ4v) is 4.85. The van der Waals surface area contributed by atoms with E-state index < -0.39 is 41.4 Å². The van der Waals surface area contributed by atoms with Gasteiger partial charge in [0.1, 0.15) is 12.3 Å². The van der Waals surface area contributed by atoms with E-state index in [1.807, 2.05) is 0 Å². The smallest absolute Gasteiger partial charge is 0.420 e. The molecule has 0 saturated heterocycles. The Morgan fingerprint density at radius 1 is 1.09 bits per heavy atom. The maximum Gasteiger partial charge on any atom is 0.522 e. The highest BCUT2D eigenvalue weighted by atomic mass is 19.4. The third-order valence-electron chi connectivity index (χ3n) is 6.42. The molecule has 8 nitrogen and oxygen atoms in total. The molecule has 4 aliphatic rings. The monoisotopic (exact) mass is 492 g/mol. The number of aromatic nitrogens is 3. The predicted octanol–water partition coefficient (Wildman–Crippen LogP) is 3.52. The molecule has 0 aromatic carbocycles. The van der Waals surface area contributed by atoms with Crippen LogP contribution in [0.15, 0.2) is 22.7 Å². The van der Waals surface area contributed by atoms with Crippen molar-refractivity contribution in [2.24, 2.45) is 0 Å². The van der Waals surface area contributed by atoms with Gasteiger partial charge in [-0.3, -0.25) is 14.5 Å². The van der Waals surface area contributed by atoms with Gasteiger partial charge in [0.2, 0.25) is 17.7 Å². The normalized spacial score (nSPS) is 30.2. The van der Waals surface area contributed by atoms with Crippen molar-refractivity contribution < 1.29 is 45.0 Å². The molecule has 0 atom stereocenters. The molecule has 0 aliphatic heterocycles. The van der Waals surface area contributed by atoms with E-state index in [0.29, 0.717) is 25.2 Å². The van der Waals surface area contributed by atoms with Crippen LogP contribution in [-0.2, 0) is 25.9 Å². The summed E-state index contributed by atoms with van der Waals surface area (Å²) in [5.41, 5.74) is -1.58. The number of rotatable bonds is 7. The second-order valence-corrected chi connectivity index (χ2v) is 9.07. The van der Waals surface area contributed by atoms with Crippen LogP contribution in [0.3, 0.4) is 0 Å². The Kier molecular flexibility index (Phi) is 5.17. The molecule has 14 heteroatoms. The fraction of sp³-hybridized carbons (Fsp3) is 0.600. The number of nitrogens with one attached hydrogen (secondary N) is 1. The van der Waals surface area contributed by atoms with Crippen LogP contribution in [-0.4, -0.2) is 51.8 Å². The number of nitrogens with zero attached hydrogens (tertiary/aromatic N) is 3. The third kappa shape index (κ3) is 4.35. The number of amides is 1. The lowest BCUT2D eigenvalue weighted by Crippen LogP contribution is -2.77. The van der Waals surface area contributed by atoms with Crippen LogP contribution in [0, 0.1) is 0 Å². The summed E-state index contributed by atoms with van der Waals surface area (Å²) in [6, 6.07) is 2.04. The minimum absolute atomic E-state index is 0.0562. The van der Waals surface area contributed by atoms with Gasteiger partial charge in [0.05, 0.1) is 23.2 Å². The topological polar surface area (TPSA) is 99.4 Å². The minimum Gasteiger partial charge on any atom is -0.420 e. The molecule has 34 heavy (non-hydrogen) atoms. The fourth-order valence-electron chi connectivity index (χ4n) is 4.85. The van der Waals surface area contributed by atoms with Gasteiger partial charge in [-0.1, -0.05) is 0 Å². The van der Waals surface area contributed by atoms with Crippen molar-refractivity contribution in [3.05, 3.63) is 29.9 Å². The number of hydrogen-bond acceptors (Lipinski definition) is 7. The number of halogens is 6. The number of hydrogen-bond donors (Lipinski definition) is 1. The number of carbonyl (C=O) groups is 1. The van der Waals surface area contributed by atoms with Crippen molar-refractivity contribution in [3.8, 4) is 11.5 Å². The van der Waals surface area contributed by atoms with E-state index in [2.05, 4.69) is 25.2 Å². The molecule has 2 heterocycles. The van der Waals surface area contributed by atoms with Crippen LogP contribution >= 0.6 is 0 Å². The van der Waals surface area contributed by atoms with Crippen molar-refractivity contribution in [2.75, 3.05) is 6.61 Å². The van der Waals surface area contributed by atoms with Gasteiger partial charge < -0.3 is 14.5 Å². The third-order valence-corrected chi connectivity index (χ3v) is 6.42. The quantitative estimate of drug-likeness (QED) is 0.591. The molecule has 4 saturated carbocycles. The van der Waals surface area contributed by atoms with Crippen LogP contribution in [0.5, 0.6) is 0 Å². The van der Waals surface area contributed by atoms with Crippen molar-refractivity contribution in [1.29, 1.82) is 0 Å². The first-order valence-electron chi connectivity index (χ1n) is 10.4. The first-order valence-corrected chi connectivity index (χ1v) is 10.4. The summed E-state index contributed by atoms with van der Waals surface area (Å²) in [6.07, 6.45) is -7.77. The molecule has 2 aromatic heterocycles. The van der Waals surface area contributed by atoms with Crippen LogP contribution < -0.4 is 5.32 Å². The molecule has 4 fully saturated rings.